The van der Waals surface area contributed by atoms with Crippen LogP contribution in [0.15, 0.2) is 48.5 Å². The molecule has 0 bridgehead atoms. The van der Waals surface area contributed by atoms with Gasteiger partial charge in [0, 0.05) is 25.4 Å². The molecule has 0 spiro atoms. The van der Waals surface area contributed by atoms with E-state index in [1.54, 1.807) is 23.1 Å². The normalized spacial score (nSPS) is 16.4. The third kappa shape index (κ3) is 6.72. The highest BCUT2D eigenvalue weighted by Crippen LogP contribution is 2.19. The zero-order valence-electron chi connectivity index (χ0n) is 16.0. The molecule has 0 aromatic heterocycles. The first-order valence-corrected chi connectivity index (χ1v) is 11.0. The molecule has 1 aliphatic rings. The number of benzene rings is 2. The van der Waals surface area contributed by atoms with Gasteiger partial charge in [0.2, 0.25) is 0 Å². The molecular weight excluding hydrogens is 399 g/mol. The summed E-state index contributed by atoms with van der Waals surface area (Å²) in [4.78, 5) is 14.4. The van der Waals surface area contributed by atoms with Crippen LogP contribution in [-0.2, 0) is 21.4 Å². The number of carbonyl (C=O) groups excluding carboxylic acids is 1. The fourth-order valence-electron chi connectivity index (χ4n) is 3.07. The van der Waals surface area contributed by atoms with Crippen molar-refractivity contribution in [2.75, 3.05) is 24.7 Å². The van der Waals surface area contributed by atoms with Gasteiger partial charge in [-0.2, -0.15) is 8.42 Å². The van der Waals surface area contributed by atoms with Crippen LogP contribution in [0.25, 0.3) is 0 Å². The van der Waals surface area contributed by atoms with Crippen LogP contribution in [0.5, 0.6) is 5.75 Å². The number of ether oxygens (including phenoxy) is 1. The fourth-order valence-corrected chi connectivity index (χ4v) is 3.53. The first-order valence-electron chi connectivity index (χ1n) is 9.20. The lowest BCUT2D eigenvalue weighted by Crippen LogP contribution is -2.39. The molecule has 3 rings (SSSR count). The quantitative estimate of drug-likeness (QED) is 0.692. The van der Waals surface area contributed by atoms with Crippen LogP contribution in [-0.4, -0.2) is 44.9 Å². The molecule has 1 heterocycles. The number of nitrogens with one attached hydrogen (secondary N) is 1. The number of nitrogens with zero attached hydrogens (tertiary/aromatic N) is 1. The van der Waals surface area contributed by atoms with Gasteiger partial charge in [0.15, 0.2) is 0 Å². The lowest BCUT2D eigenvalue weighted by molar-refractivity contribution is 0.0819. The molecule has 2 aromatic rings. The van der Waals surface area contributed by atoms with E-state index in [1.807, 2.05) is 0 Å². The Balaban J connectivity index is 1.71. The number of anilines is 1. The monoisotopic (exact) mass is 422 g/mol. The van der Waals surface area contributed by atoms with E-state index in [9.17, 15) is 17.6 Å². The van der Waals surface area contributed by atoms with Crippen LogP contribution >= 0.6 is 0 Å². The maximum atomic E-state index is 13.4. The van der Waals surface area contributed by atoms with Crippen molar-refractivity contribution in [2.45, 2.75) is 25.5 Å². The van der Waals surface area contributed by atoms with Gasteiger partial charge in [-0.3, -0.25) is 0 Å². The van der Waals surface area contributed by atoms with E-state index in [4.69, 9.17) is 8.92 Å². The molecule has 1 atom stereocenters. The van der Waals surface area contributed by atoms with E-state index in [-0.39, 0.29) is 24.4 Å². The van der Waals surface area contributed by atoms with E-state index in [2.05, 4.69) is 5.32 Å². The van der Waals surface area contributed by atoms with E-state index in [0.29, 0.717) is 18.8 Å². The minimum Gasteiger partial charge on any atom is -0.383 e. The Kier molecular flexibility index (Phi) is 6.71. The molecule has 1 aliphatic heterocycles. The van der Waals surface area contributed by atoms with Gasteiger partial charge in [-0.05, 0) is 48.7 Å². The lowest BCUT2D eigenvalue weighted by atomic mass is 10.2. The average molecular weight is 422 g/mol. The number of rotatable bonds is 7. The van der Waals surface area contributed by atoms with Gasteiger partial charge in [-0.15, -0.1) is 0 Å². The number of halogens is 1. The fraction of sp³-hybridized carbons (Fsp3) is 0.350. The van der Waals surface area contributed by atoms with Crippen LogP contribution in [0.3, 0.4) is 0 Å². The molecular formula is C20H23FN2O5S. The van der Waals surface area contributed by atoms with Gasteiger partial charge in [-0.1, -0.05) is 18.2 Å². The van der Waals surface area contributed by atoms with Gasteiger partial charge >= 0.3 is 16.1 Å². The summed E-state index contributed by atoms with van der Waals surface area (Å²) in [6, 6.07) is 11.8. The Labute approximate surface area is 169 Å². The standard InChI is InChI=1S/C20H23FN2O5S/c1-29(25,26)28-18-9-7-15(8-10-18)13-23(14-19-6-3-11-27-19)20(24)22-17-5-2-4-16(21)12-17/h2,4-5,7-10,12,19H,3,6,11,13-14H2,1H3,(H,22,24)/t19-/m0/s1. The Morgan fingerprint density at radius 2 is 2.03 bits per heavy atom. The summed E-state index contributed by atoms with van der Waals surface area (Å²) in [6.07, 6.45) is 2.73. The Hall–Kier alpha value is -2.65. The molecule has 1 fully saturated rings. The maximum absolute atomic E-state index is 13.4. The second kappa shape index (κ2) is 9.23. The minimum atomic E-state index is -3.60. The Morgan fingerprint density at radius 1 is 1.28 bits per heavy atom. The first-order chi connectivity index (χ1) is 13.8. The number of carbonyl (C=O) groups is 1. The predicted molar refractivity (Wildman–Crippen MR) is 107 cm³/mol. The molecule has 1 saturated heterocycles. The third-order valence-corrected chi connectivity index (χ3v) is 4.85. The van der Waals surface area contributed by atoms with Crippen LogP contribution in [0, 0.1) is 5.82 Å². The van der Waals surface area contributed by atoms with E-state index in [0.717, 1.165) is 24.7 Å². The van der Waals surface area contributed by atoms with Crippen molar-refractivity contribution < 1.29 is 26.5 Å². The highest BCUT2D eigenvalue weighted by molar-refractivity contribution is 7.86. The second-order valence-corrected chi connectivity index (χ2v) is 8.46. The molecule has 0 unspecified atom stereocenters. The SMILES string of the molecule is CS(=O)(=O)Oc1ccc(CN(C[C@@H]2CCCO2)C(=O)Nc2cccc(F)c2)cc1. The molecule has 2 aromatic carbocycles. The summed E-state index contributed by atoms with van der Waals surface area (Å²) in [7, 11) is -3.60. The number of urea groups is 1. The van der Waals surface area contributed by atoms with Crippen molar-refractivity contribution in [3.05, 3.63) is 59.9 Å². The van der Waals surface area contributed by atoms with Crippen LogP contribution < -0.4 is 9.50 Å². The van der Waals surface area contributed by atoms with E-state index < -0.39 is 15.9 Å². The van der Waals surface area contributed by atoms with Crippen LogP contribution in [0.4, 0.5) is 14.9 Å². The minimum absolute atomic E-state index is 0.0545. The highest BCUT2D eigenvalue weighted by atomic mass is 32.2. The summed E-state index contributed by atoms with van der Waals surface area (Å²) in [6.45, 7) is 1.34. The smallest absolute Gasteiger partial charge is 0.322 e. The topological polar surface area (TPSA) is 84.9 Å². The Morgan fingerprint density at radius 3 is 2.66 bits per heavy atom. The van der Waals surface area contributed by atoms with Crippen molar-refractivity contribution in [3.8, 4) is 5.75 Å². The molecule has 0 radical (unpaired) electrons. The molecule has 7 nitrogen and oxygen atoms in total. The van der Waals surface area contributed by atoms with Gasteiger partial charge in [0.05, 0.1) is 12.4 Å². The molecule has 1 N–H and O–H groups in total. The van der Waals surface area contributed by atoms with E-state index >= 15 is 0 Å². The molecule has 0 saturated carbocycles. The molecule has 2 amide bonds. The predicted octanol–water partition coefficient (Wildman–Crippen LogP) is 3.38. The lowest BCUT2D eigenvalue weighted by Gasteiger charge is -2.26. The molecule has 0 aliphatic carbocycles. The first kappa shape index (κ1) is 21.1. The summed E-state index contributed by atoms with van der Waals surface area (Å²) in [5.41, 5.74) is 1.16. The zero-order chi connectivity index (χ0) is 20.9. The van der Waals surface area contributed by atoms with Crippen LogP contribution in [0.2, 0.25) is 0 Å². The number of hydrogen-bond donors (Lipinski definition) is 1. The average Bonchev–Trinajstić information content (AvgIpc) is 3.14. The van der Waals surface area contributed by atoms with Crippen molar-refractivity contribution >= 4 is 21.8 Å². The number of amides is 2. The highest BCUT2D eigenvalue weighted by Gasteiger charge is 2.23. The van der Waals surface area contributed by atoms with Crippen molar-refractivity contribution in [1.29, 1.82) is 0 Å². The van der Waals surface area contributed by atoms with Crippen molar-refractivity contribution in [1.82, 2.24) is 4.90 Å². The molecule has 9 heteroatoms. The van der Waals surface area contributed by atoms with Crippen molar-refractivity contribution in [3.63, 3.8) is 0 Å². The zero-order valence-corrected chi connectivity index (χ0v) is 16.8. The molecule has 29 heavy (non-hydrogen) atoms. The van der Waals surface area contributed by atoms with Gasteiger partial charge < -0.3 is 19.1 Å². The third-order valence-electron chi connectivity index (χ3n) is 4.36. The Bertz CT molecular complexity index is 944. The van der Waals surface area contributed by atoms with Gasteiger partial charge in [-0.25, -0.2) is 9.18 Å². The van der Waals surface area contributed by atoms with Crippen molar-refractivity contribution in [2.24, 2.45) is 0 Å². The summed E-state index contributed by atoms with van der Waals surface area (Å²) in [5, 5.41) is 2.71. The maximum Gasteiger partial charge on any atom is 0.322 e. The van der Waals surface area contributed by atoms with E-state index in [1.165, 1.54) is 30.3 Å². The molecule has 156 valence electrons. The summed E-state index contributed by atoms with van der Waals surface area (Å²) in [5.74, 6) is -0.235. The van der Waals surface area contributed by atoms with Gasteiger partial charge in [0.1, 0.15) is 11.6 Å². The summed E-state index contributed by atoms with van der Waals surface area (Å²) >= 11 is 0. The largest absolute Gasteiger partial charge is 0.383 e. The van der Waals surface area contributed by atoms with Crippen LogP contribution in [0.1, 0.15) is 18.4 Å². The second-order valence-electron chi connectivity index (χ2n) is 6.89. The van der Waals surface area contributed by atoms with Gasteiger partial charge in [0.25, 0.3) is 0 Å². The summed E-state index contributed by atoms with van der Waals surface area (Å²) < 4.78 is 46.3. The number of hydrogen-bond acceptors (Lipinski definition) is 5.